The lowest BCUT2D eigenvalue weighted by molar-refractivity contribution is 0.610. The molecule has 0 amide bonds. The van der Waals surface area contributed by atoms with E-state index in [2.05, 4.69) is 15.1 Å². The fourth-order valence-electron chi connectivity index (χ4n) is 1.89. The first-order valence-corrected chi connectivity index (χ1v) is 8.55. The average Bonchev–Trinajstić information content (AvgIpc) is 2.86. The predicted octanol–water partition coefficient (Wildman–Crippen LogP) is 3.03. The van der Waals surface area contributed by atoms with E-state index < -0.39 is 9.05 Å². The second-order valence-corrected chi connectivity index (χ2v) is 7.22. The van der Waals surface area contributed by atoms with Gasteiger partial charge in [0.2, 0.25) is 0 Å². The lowest BCUT2D eigenvalue weighted by Crippen LogP contribution is -2.01. The van der Waals surface area contributed by atoms with Gasteiger partial charge in [0.05, 0.1) is 10.5 Å². The molecule has 0 aliphatic carbocycles. The Morgan fingerprint density at radius 1 is 1.14 bits per heavy atom. The normalized spacial score (nSPS) is 12.0. The maximum absolute atomic E-state index is 11.7. The monoisotopic (exact) mass is 362 g/mol. The van der Waals surface area contributed by atoms with Gasteiger partial charge in [-0.05, 0) is 6.07 Å². The molecule has 3 aromatic rings. The van der Waals surface area contributed by atoms with Crippen molar-refractivity contribution in [2.45, 2.75) is 4.90 Å². The molecule has 6 nitrogen and oxygen atoms in total. The predicted molar refractivity (Wildman–Crippen MR) is 79.3 cm³/mol. The summed E-state index contributed by atoms with van der Waals surface area (Å²) in [6.07, 6.45) is 1.26. The van der Waals surface area contributed by atoms with E-state index in [0.717, 1.165) is 0 Å². The van der Waals surface area contributed by atoms with Gasteiger partial charge in [0.25, 0.3) is 14.8 Å². The summed E-state index contributed by atoms with van der Waals surface area (Å²) in [5, 5.41) is 4.01. The van der Waals surface area contributed by atoms with Crippen molar-refractivity contribution in [2.75, 3.05) is 0 Å². The Hall–Kier alpha value is -1.41. The number of benzene rings is 1. The molecule has 1 aromatic carbocycles. The van der Waals surface area contributed by atoms with E-state index in [0.29, 0.717) is 0 Å². The molecule has 0 N–H and O–H groups in total. The molecule has 0 aliphatic rings. The van der Waals surface area contributed by atoms with Gasteiger partial charge in [0.1, 0.15) is 16.6 Å². The summed E-state index contributed by atoms with van der Waals surface area (Å²) in [6.45, 7) is 0. The number of hydrogen-bond acceptors (Lipinski definition) is 5. The largest absolute Gasteiger partial charge is 0.261 e. The second-order valence-electron chi connectivity index (χ2n) is 3.97. The molecule has 3 rings (SSSR count). The van der Waals surface area contributed by atoms with Crippen molar-refractivity contribution < 1.29 is 8.42 Å². The van der Waals surface area contributed by atoms with Gasteiger partial charge in [-0.25, -0.2) is 8.42 Å². The summed E-state index contributed by atoms with van der Waals surface area (Å²) in [6, 6.07) is 6.07. The van der Waals surface area contributed by atoms with Crippen LogP contribution in [0.2, 0.25) is 10.3 Å². The van der Waals surface area contributed by atoms with Crippen LogP contribution >= 0.6 is 33.9 Å². The lowest BCUT2D eigenvalue weighted by Gasteiger charge is -2.10. The van der Waals surface area contributed by atoms with Crippen LogP contribution in [-0.4, -0.2) is 28.0 Å². The highest BCUT2D eigenvalue weighted by Crippen LogP contribution is 2.37. The van der Waals surface area contributed by atoms with Crippen LogP contribution in [0.3, 0.4) is 0 Å². The Morgan fingerprint density at radius 2 is 1.86 bits per heavy atom. The number of rotatable bonds is 2. The molecule has 2 heterocycles. The van der Waals surface area contributed by atoms with Crippen molar-refractivity contribution in [3.8, 4) is 11.1 Å². The Labute approximate surface area is 133 Å². The summed E-state index contributed by atoms with van der Waals surface area (Å²) in [5.41, 5.74) is 0.462. The molecule has 108 valence electrons. The van der Waals surface area contributed by atoms with Crippen LogP contribution in [0.5, 0.6) is 0 Å². The highest BCUT2D eigenvalue weighted by atomic mass is 35.7. The maximum atomic E-state index is 11.7. The SMILES string of the molecule is O=S(=O)(Cl)c1ccccc1-c1c(Cl)nc2ncnn2c1Cl. The minimum Gasteiger partial charge on any atom is -0.207 e. The van der Waals surface area contributed by atoms with E-state index in [-0.39, 0.29) is 32.1 Å². The Kier molecular flexibility index (Phi) is 3.53. The lowest BCUT2D eigenvalue weighted by atomic mass is 10.1. The first-order chi connectivity index (χ1) is 9.89. The molecule has 0 radical (unpaired) electrons. The molecular weight excluding hydrogens is 359 g/mol. The van der Waals surface area contributed by atoms with Crippen LogP contribution in [-0.2, 0) is 9.05 Å². The van der Waals surface area contributed by atoms with E-state index >= 15 is 0 Å². The van der Waals surface area contributed by atoms with Crippen LogP contribution < -0.4 is 0 Å². The molecule has 0 spiro atoms. The molecule has 0 atom stereocenters. The smallest absolute Gasteiger partial charge is 0.207 e. The summed E-state index contributed by atoms with van der Waals surface area (Å²) in [4.78, 5) is 7.79. The van der Waals surface area contributed by atoms with Gasteiger partial charge in [0.15, 0.2) is 0 Å². The molecule has 2 aromatic heterocycles. The van der Waals surface area contributed by atoms with Gasteiger partial charge in [-0.15, -0.1) is 0 Å². The van der Waals surface area contributed by atoms with Crippen molar-refractivity contribution in [3.05, 3.63) is 40.9 Å². The van der Waals surface area contributed by atoms with Crippen LogP contribution in [0.15, 0.2) is 35.5 Å². The third-order valence-electron chi connectivity index (χ3n) is 2.75. The quantitative estimate of drug-likeness (QED) is 0.516. The number of halogens is 3. The Balaban J connectivity index is 2.42. The summed E-state index contributed by atoms with van der Waals surface area (Å²) >= 11 is 12.4. The van der Waals surface area contributed by atoms with E-state index in [1.54, 1.807) is 12.1 Å². The zero-order valence-corrected chi connectivity index (χ0v) is 13.1. The molecule has 0 saturated heterocycles. The third-order valence-corrected chi connectivity index (χ3v) is 4.75. The van der Waals surface area contributed by atoms with Crippen molar-refractivity contribution in [2.24, 2.45) is 0 Å². The second kappa shape index (κ2) is 5.10. The third kappa shape index (κ3) is 2.46. The summed E-state index contributed by atoms with van der Waals surface area (Å²) in [7, 11) is 1.47. The molecule has 0 unspecified atom stereocenters. The van der Waals surface area contributed by atoms with Gasteiger partial charge < -0.3 is 0 Å². The molecule has 0 fully saturated rings. The fourth-order valence-corrected chi connectivity index (χ4v) is 3.60. The van der Waals surface area contributed by atoms with Gasteiger partial charge in [-0.1, -0.05) is 41.4 Å². The number of fused-ring (bicyclic) bond motifs is 1. The van der Waals surface area contributed by atoms with E-state index in [1.807, 2.05) is 0 Å². The molecule has 10 heteroatoms. The van der Waals surface area contributed by atoms with Crippen LogP contribution in [0.4, 0.5) is 0 Å². The molecule has 0 bridgehead atoms. The van der Waals surface area contributed by atoms with E-state index in [4.69, 9.17) is 33.9 Å². The highest BCUT2D eigenvalue weighted by molar-refractivity contribution is 8.13. The first-order valence-electron chi connectivity index (χ1n) is 5.48. The van der Waals surface area contributed by atoms with E-state index in [1.165, 1.54) is 23.0 Å². The van der Waals surface area contributed by atoms with Gasteiger partial charge in [-0.3, -0.25) is 0 Å². The van der Waals surface area contributed by atoms with Crippen LogP contribution in [0, 0.1) is 0 Å². The van der Waals surface area contributed by atoms with Crippen molar-refractivity contribution in [1.29, 1.82) is 0 Å². The maximum Gasteiger partial charge on any atom is 0.261 e. The fraction of sp³-hybridized carbons (Fsp3) is 0. The molecule has 0 saturated carbocycles. The van der Waals surface area contributed by atoms with E-state index in [9.17, 15) is 8.42 Å². The summed E-state index contributed by atoms with van der Waals surface area (Å²) in [5.74, 6) is 0.208. The number of nitrogens with zero attached hydrogens (tertiary/aromatic N) is 4. The first kappa shape index (κ1) is 14.5. The van der Waals surface area contributed by atoms with Gasteiger partial charge in [-0.2, -0.15) is 19.6 Å². The highest BCUT2D eigenvalue weighted by Gasteiger charge is 2.22. The minimum absolute atomic E-state index is 0.00765. The minimum atomic E-state index is -3.97. The number of aromatic nitrogens is 4. The van der Waals surface area contributed by atoms with Crippen molar-refractivity contribution in [1.82, 2.24) is 19.6 Å². The zero-order chi connectivity index (χ0) is 15.2. The molecule has 21 heavy (non-hydrogen) atoms. The van der Waals surface area contributed by atoms with Crippen molar-refractivity contribution >= 4 is 48.7 Å². The Bertz CT molecular complexity index is 955. The Morgan fingerprint density at radius 3 is 2.57 bits per heavy atom. The standard InChI is InChI=1S/C11H5Cl3N4O2S/c12-9-8(10(13)18-11(17-9)15-5-16-18)6-3-1-2-4-7(6)21(14,19)20/h1-5H. The average molecular weight is 364 g/mol. The zero-order valence-electron chi connectivity index (χ0n) is 10.0. The van der Waals surface area contributed by atoms with Crippen molar-refractivity contribution in [3.63, 3.8) is 0 Å². The summed E-state index contributed by atoms with van der Waals surface area (Å²) < 4.78 is 24.6. The number of hydrogen-bond donors (Lipinski definition) is 0. The van der Waals surface area contributed by atoms with Crippen LogP contribution in [0.1, 0.15) is 0 Å². The van der Waals surface area contributed by atoms with Gasteiger partial charge >= 0.3 is 0 Å². The topological polar surface area (TPSA) is 77.2 Å². The molecule has 0 aliphatic heterocycles. The van der Waals surface area contributed by atoms with Crippen LogP contribution in [0.25, 0.3) is 16.9 Å². The molecular formula is C11H5Cl3N4O2S. The van der Waals surface area contributed by atoms with Gasteiger partial charge in [0, 0.05) is 16.2 Å².